The van der Waals surface area contributed by atoms with E-state index in [1.165, 1.54) is 0 Å². The lowest BCUT2D eigenvalue weighted by molar-refractivity contribution is -0.141. The third kappa shape index (κ3) is 4.44. The van der Waals surface area contributed by atoms with Gasteiger partial charge in [0.15, 0.2) is 5.69 Å². The summed E-state index contributed by atoms with van der Waals surface area (Å²) in [6.07, 6.45) is -0.240. The second-order valence-electron chi connectivity index (χ2n) is 7.55. The predicted octanol–water partition coefficient (Wildman–Crippen LogP) is 2.84. The first kappa shape index (κ1) is 18.9. The van der Waals surface area contributed by atoms with Crippen molar-refractivity contribution in [1.82, 2.24) is 29.2 Å². The third-order valence-electron chi connectivity index (χ3n) is 4.60. The number of aromatic nitrogens is 5. The van der Waals surface area contributed by atoms with E-state index >= 15 is 0 Å². The molecule has 0 aromatic carbocycles. The van der Waals surface area contributed by atoms with Gasteiger partial charge in [-0.3, -0.25) is 4.90 Å². The molecule has 0 bridgehead atoms. The summed E-state index contributed by atoms with van der Waals surface area (Å²) in [6, 6.07) is 0. The SMILES string of the molecule is CC(C)Cn1ncnc1CN(C)C[C@@H]1CCc2nc(C(F)(F)F)cn2C1. The number of hydrogen-bond donors (Lipinski definition) is 0. The Morgan fingerprint density at radius 1 is 1.35 bits per heavy atom. The van der Waals surface area contributed by atoms with Gasteiger partial charge in [0.2, 0.25) is 0 Å². The number of aryl methyl sites for hydroxylation is 1. The Labute approximate surface area is 151 Å². The molecule has 0 saturated heterocycles. The normalized spacial score (nSPS) is 17.9. The van der Waals surface area contributed by atoms with Crippen LogP contribution >= 0.6 is 0 Å². The summed E-state index contributed by atoms with van der Waals surface area (Å²) in [6.45, 7) is 7.14. The van der Waals surface area contributed by atoms with Crippen molar-refractivity contribution in [2.75, 3.05) is 13.6 Å². The van der Waals surface area contributed by atoms with Gasteiger partial charge in [-0.05, 0) is 25.3 Å². The van der Waals surface area contributed by atoms with Crippen LogP contribution in [0.25, 0.3) is 0 Å². The van der Waals surface area contributed by atoms with Gasteiger partial charge in [0, 0.05) is 32.3 Å². The molecule has 0 aliphatic carbocycles. The van der Waals surface area contributed by atoms with Crippen molar-refractivity contribution < 1.29 is 13.2 Å². The van der Waals surface area contributed by atoms with E-state index in [2.05, 4.69) is 33.8 Å². The Morgan fingerprint density at radius 3 is 2.81 bits per heavy atom. The summed E-state index contributed by atoms with van der Waals surface area (Å²) in [4.78, 5) is 10.2. The van der Waals surface area contributed by atoms with Gasteiger partial charge in [0.05, 0.1) is 6.54 Å². The van der Waals surface area contributed by atoms with E-state index < -0.39 is 11.9 Å². The minimum atomic E-state index is -4.38. The average Bonchev–Trinajstić information content (AvgIpc) is 3.13. The summed E-state index contributed by atoms with van der Waals surface area (Å²) < 4.78 is 42.0. The van der Waals surface area contributed by atoms with Crippen molar-refractivity contribution >= 4 is 0 Å². The minimum Gasteiger partial charge on any atom is -0.334 e. The molecule has 2 aromatic heterocycles. The number of rotatable bonds is 6. The molecule has 1 aliphatic heterocycles. The fourth-order valence-corrected chi connectivity index (χ4v) is 3.46. The van der Waals surface area contributed by atoms with E-state index in [1.54, 1.807) is 10.9 Å². The van der Waals surface area contributed by atoms with Gasteiger partial charge in [-0.25, -0.2) is 14.6 Å². The van der Waals surface area contributed by atoms with Crippen LogP contribution in [0.2, 0.25) is 0 Å². The molecule has 0 spiro atoms. The van der Waals surface area contributed by atoms with Crippen LogP contribution in [0.15, 0.2) is 12.5 Å². The maximum Gasteiger partial charge on any atom is 0.434 e. The molecule has 0 N–H and O–H groups in total. The molecule has 0 unspecified atom stereocenters. The van der Waals surface area contributed by atoms with Crippen LogP contribution in [0.4, 0.5) is 13.2 Å². The predicted molar refractivity (Wildman–Crippen MR) is 90.2 cm³/mol. The largest absolute Gasteiger partial charge is 0.434 e. The summed E-state index contributed by atoms with van der Waals surface area (Å²) >= 11 is 0. The monoisotopic (exact) mass is 370 g/mol. The molecule has 144 valence electrons. The van der Waals surface area contributed by atoms with Gasteiger partial charge >= 0.3 is 6.18 Å². The number of hydrogen-bond acceptors (Lipinski definition) is 4. The topological polar surface area (TPSA) is 51.8 Å². The second-order valence-corrected chi connectivity index (χ2v) is 7.55. The average molecular weight is 370 g/mol. The first-order valence-electron chi connectivity index (χ1n) is 8.91. The fraction of sp³-hybridized carbons (Fsp3) is 0.706. The van der Waals surface area contributed by atoms with Crippen LogP contribution in [0, 0.1) is 11.8 Å². The Kier molecular flexibility index (Phi) is 5.36. The Bertz CT molecular complexity index is 733. The second kappa shape index (κ2) is 7.38. The number of halogens is 3. The Morgan fingerprint density at radius 2 is 2.12 bits per heavy atom. The van der Waals surface area contributed by atoms with E-state index in [-0.39, 0.29) is 0 Å². The van der Waals surface area contributed by atoms with Crippen LogP contribution in [0.5, 0.6) is 0 Å². The van der Waals surface area contributed by atoms with Gasteiger partial charge in [-0.1, -0.05) is 13.8 Å². The molecule has 1 aliphatic rings. The smallest absolute Gasteiger partial charge is 0.334 e. The molecule has 26 heavy (non-hydrogen) atoms. The molecule has 0 amide bonds. The van der Waals surface area contributed by atoms with Crippen LogP contribution in [-0.2, 0) is 32.2 Å². The summed E-state index contributed by atoms with van der Waals surface area (Å²) in [5.41, 5.74) is -0.789. The molecule has 0 fully saturated rings. The van der Waals surface area contributed by atoms with E-state index in [9.17, 15) is 13.2 Å². The standard InChI is InChI=1S/C17H25F3N6/c1-12(2)6-26-16(21-11-22-26)10-24(3)7-13-4-5-15-23-14(17(18,19)20)9-25(15)8-13/h9,11-13H,4-8,10H2,1-3H3/t13-/m0/s1. The van der Waals surface area contributed by atoms with Crippen molar-refractivity contribution in [3.05, 3.63) is 29.9 Å². The van der Waals surface area contributed by atoms with Gasteiger partial charge in [0.1, 0.15) is 18.0 Å². The minimum absolute atomic E-state index is 0.296. The highest BCUT2D eigenvalue weighted by Crippen LogP contribution is 2.30. The van der Waals surface area contributed by atoms with Gasteiger partial charge in [0.25, 0.3) is 0 Å². The van der Waals surface area contributed by atoms with Gasteiger partial charge in [-0.15, -0.1) is 0 Å². The van der Waals surface area contributed by atoms with Crippen LogP contribution < -0.4 is 0 Å². The van der Waals surface area contributed by atoms with Crippen molar-refractivity contribution in [2.45, 2.75) is 52.5 Å². The first-order chi connectivity index (χ1) is 12.2. The third-order valence-corrected chi connectivity index (χ3v) is 4.60. The molecule has 2 aromatic rings. The Balaban J connectivity index is 1.58. The van der Waals surface area contributed by atoms with Crippen LogP contribution in [0.1, 0.15) is 37.6 Å². The molecule has 3 heterocycles. The lowest BCUT2D eigenvalue weighted by atomic mass is 9.99. The van der Waals surface area contributed by atoms with Crippen molar-refractivity contribution in [1.29, 1.82) is 0 Å². The number of fused-ring (bicyclic) bond motifs is 1. The van der Waals surface area contributed by atoms with Crippen LogP contribution in [0.3, 0.4) is 0 Å². The van der Waals surface area contributed by atoms with E-state index in [1.807, 2.05) is 11.7 Å². The van der Waals surface area contributed by atoms with Crippen molar-refractivity contribution in [3.63, 3.8) is 0 Å². The molecular formula is C17H25F3N6. The Hall–Kier alpha value is -1.90. The quantitative estimate of drug-likeness (QED) is 0.785. The highest BCUT2D eigenvalue weighted by atomic mass is 19.4. The van der Waals surface area contributed by atoms with E-state index in [4.69, 9.17) is 0 Å². The van der Waals surface area contributed by atoms with Gasteiger partial charge < -0.3 is 4.57 Å². The molecular weight excluding hydrogens is 345 g/mol. The zero-order chi connectivity index (χ0) is 18.9. The zero-order valence-electron chi connectivity index (χ0n) is 15.4. The summed E-state index contributed by atoms with van der Waals surface area (Å²) in [5, 5.41) is 4.27. The molecule has 1 atom stereocenters. The summed E-state index contributed by atoms with van der Waals surface area (Å²) in [7, 11) is 2.01. The zero-order valence-corrected chi connectivity index (χ0v) is 15.4. The fourth-order valence-electron chi connectivity index (χ4n) is 3.46. The lowest BCUT2D eigenvalue weighted by Crippen LogP contribution is -2.32. The number of nitrogens with zero attached hydrogens (tertiary/aromatic N) is 6. The highest BCUT2D eigenvalue weighted by molar-refractivity contribution is 5.10. The van der Waals surface area contributed by atoms with Crippen molar-refractivity contribution in [2.24, 2.45) is 11.8 Å². The van der Waals surface area contributed by atoms with E-state index in [0.717, 1.165) is 31.5 Å². The molecule has 6 nitrogen and oxygen atoms in total. The maximum atomic E-state index is 12.8. The molecule has 0 saturated carbocycles. The van der Waals surface area contributed by atoms with E-state index in [0.29, 0.717) is 37.2 Å². The van der Waals surface area contributed by atoms with Crippen LogP contribution in [-0.4, -0.2) is 42.8 Å². The first-order valence-corrected chi connectivity index (χ1v) is 8.91. The maximum absolute atomic E-state index is 12.8. The van der Waals surface area contributed by atoms with Gasteiger partial charge in [-0.2, -0.15) is 18.3 Å². The lowest BCUT2D eigenvalue weighted by Gasteiger charge is -2.28. The highest BCUT2D eigenvalue weighted by Gasteiger charge is 2.35. The number of alkyl halides is 3. The van der Waals surface area contributed by atoms with Crippen molar-refractivity contribution in [3.8, 4) is 0 Å². The molecule has 9 heteroatoms. The molecule has 3 rings (SSSR count). The molecule has 0 radical (unpaired) electrons. The number of imidazole rings is 1. The summed E-state index contributed by atoms with van der Waals surface area (Å²) in [5.74, 6) is 2.23.